The second kappa shape index (κ2) is 7.32. The molecule has 0 fully saturated rings. The van der Waals surface area contributed by atoms with Gasteiger partial charge in [-0.2, -0.15) is 0 Å². The van der Waals surface area contributed by atoms with Crippen molar-refractivity contribution >= 4 is 5.91 Å². The quantitative estimate of drug-likeness (QED) is 0.862. The van der Waals surface area contributed by atoms with Crippen LogP contribution in [-0.4, -0.2) is 18.1 Å². The normalized spacial score (nSPS) is 13.9. The third-order valence-electron chi connectivity index (χ3n) is 3.51. The van der Waals surface area contributed by atoms with E-state index >= 15 is 0 Å². The third-order valence-corrected chi connectivity index (χ3v) is 3.51. The Morgan fingerprint density at radius 2 is 1.70 bits per heavy atom. The number of carbonyl (C=O) groups is 1. The van der Waals surface area contributed by atoms with Crippen molar-refractivity contribution in [2.24, 2.45) is 5.92 Å². The molecule has 2 atom stereocenters. The molecule has 0 unspecified atom stereocenters. The fraction of sp³-hybridized carbons (Fsp3) is 0.588. The number of carbonyl (C=O) groups excluding carboxylic acids is 1. The van der Waals surface area contributed by atoms with E-state index in [0.29, 0.717) is 12.3 Å². The van der Waals surface area contributed by atoms with E-state index in [1.165, 1.54) is 0 Å². The fourth-order valence-corrected chi connectivity index (χ4v) is 1.97. The molecule has 1 N–H and O–H groups in total. The van der Waals surface area contributed by atoms with Crippen molar-refractivity contribution < 1.29 is 9.53 Å². The Kier molecular flexibility index (Phi) is 6.05. The lowest BCUT2D eigenvalue weighted by molar-refractivity contribution is -0.129. The van der Waals surface area contributed by atoms with Gasteiger partial charge in [0.2, 0.25) is 0 Å². The first kappa shape index (κ1) is 16.5. The minimum atomic E-state index is -0.433. The fourth-order valence-electron chi connectivity index (χ4n) is 1.97. The van der Waals surface area contributed by atoms with Gasteiger partial charge in [0.05, 0.1) is 0 Å². The van der Waals surface area contributed by atoms with Gasteiger partial charge in [-0.15, -0.1) is 0 Å². The monoisotopic (exact) mass is 277 g/mol. The molecule has 0 heterocycles. The minimum Gasteiger partial charge on any atom is -0.481 e. The maximum absolute atomic E-state index is 12.2. The Morgan fingerprint density at radius 1 is 1.15 bits per heavy atom. The maximum atomic E-state index is 12.2. The van der Waals surface area contributed by atoms with E-state index in [2.05, 4.69) is 25.2 Å². The number of amides is 1. The average molecular weight is 277 g/mol. The standard InChI is InChI=1S/C17H27NO2/c1-7-16(17(19)18-14(6)11(2)3)20-15-9-12(4)8-13(5)10-15/h8-11,14,16H,7H2,1-6H3,(H,18,19)/t14-,16+/m0/s1. The molecule has 0 saturated carbocycles. The second-order valence-corrected chi connectivity index (χ2v) is 5.88. The summed E-state index contributed by atoms with van der Waals surface area (Å²) in [4.78, 5) is 12.2. The van der Waals surface area contributed by atoms with Crippen LogP contribution in [0.5, 0.6) is 5.75 Å². The molecular formula is C17H27NO2. The topological polar surface area (TPSA) is 38.3 Å². The first-order chi connectivity index (χ1) is 9.33. The number of hydrogen-bond acceptors (Lipinski definition) is 2. The van der Waals surface area contributed by atoms with Gasteiger partial charge >= 0.3 is 0 Å². The van der Waals surface area contributed by atoms with E-state index in [-0.39, 0.29) is 11.9 Å². The van der Waals surface area contributed by atoms with Crippen molar-refractivity contribution in [3.63, 3.8) is 0 Å². The van der Waals surface area contributed by atoms with Gasteiger partial charge < -0.3 is 10.1 Å². The summed E-state index contributed by atoms with van der Waals surface area (Å²) in [6.45, 7) is 12.2. The molecule has 0 aliphatic rings. The number of rotatable bonds is 6. The Hall–Kier alpha value is -1.51. The Morgan fingerprint density at radius 3 is 2.15 bits per heavy atom. The SMILES string of the molecule is CC[C@@H](Oc1cc(C)cc(C)c1)C(=O)N[C@@H](C)C(C)C. The molecular weight excluding hydrogens is 250 g/mol. The van der Waals surface area contributed by atoms with Gasteiger partial charge in [-0.05, 0) is 56.4 Å². The zero-order valence-electron chi connectivity index (χ0n) is 13.5. The van der Waals surface area contributed by atoms with Crippen molar-refractivity contribution in [1.82, 2.24) is 5.32 Å². The van der Waals surface area contributed by atoms with Gasteiger partial charge in [-0.25, -0.2) is 0 Å². The van der Waals surface area contributed by atoms with Crippen molar-refractivity contribution in [3.8, 4) is 5.75 Å². The van der Waals surface area contributed by atoms with Crippen LogP contribution in [0, 0.1) is 19.8 Å². The molecule has 1 rings (SSSR count). The number of aryl methyl sites for hydroxylation is 2. The van der Waals surface area contributed by atoms with Gasteiger partial charge in [-0.1, -0.05) is 26.8 Å². The summed E-state index contributed by atoms with van der Waals surface area (Å²) >= 11 is 0. The number of hydrogen-bond donors (Lipinski definition) is 1. The van der Waals surface area contributed by atoms with Crippen molar-refractivity contribution in [3.05, 3.63) is 29.3 Å². The highest BCUT2D eigenvalue weighted by atomic mass is 16.5. The van der Waals surface area contributed by atoms with Crippen LogP contribution in [0.15, 0.2) is 18.2 Å². The van der Waals surface area contributed by atoms with Gasteiger partial charge in [0.25, 0.3) is 5.91 Å². The minimum absolute atomic E-state index is 0.0344. The summed E-state index contributed by atoms with van der Waals surface area (Å²) in [5.74, 6) is 1.15. The molecule has 1 aromatic rings. The molecule has 3 nitrogen and oxygen atoms in total. The van der Waals surface area contributed by atoms with E-state index < -0.39 is 6.10 Å². The van der Waals surface area contributed by atoms with E-state index in [9.17, 15) is 4.79 Å². The van der Waals surface area contributed by atoms with Crippen LogP contribution in [0.4, 0.5) is 0 Å². The van der Waals surface area contributed by atoms with E-state index in [4.69, 9.17) is 4.74 Å². The molecule has 20 heavy (non-hydrogen) atoms. The first-order valence-electron chi connectivity index (χ1n) is 7.38. The first-order valence-corrected chi connectivity index (χ1v) is 7.38. The lowest BCUT2D eigenvalue weighted by Crippen LogP contribution is -2.44. The molecule has 112 valence electrons. The van der Waals surface area contributed by atoms with Gasteiger partial charge in [0.15, 0.2) is 6.10 Å². The maximum Gasteiger partial charge on any atom is 0.261 e. The largest absolute Gasteiger partial charge is 0.481 e. The lowest BCUT2D eigenvalue weighted by Gasteiger charge is -2.22. The summed E-state index contributed by atoms with van der Waals surface area (Å²) in [6.07, 6.45) is 0.223. The highest BCUT2D eigenvalue weighted by Gasteiger charge is 2.21. The van der Waals surface area contributed by atoms with Crippen LogP contribution in [-0.2, 0) is 4.79 Å². The molecule has 0 aliphatic heterocycles. The number of ether oxygens (including phenoxy) is 1. The molecule has 1 aromatic carbocycles. The smallest absolute Gasteiger partial charge is 0.261 e. The van der Waals surface area contributed by atoms with E-state index in [1.54, 1.807) is 0 Å². The molecule has 0 radical (unpaired) electrons. The summed E-state index contributed by atoms with van der Waals surface area (Å²) in [5.41, 5.74) is 2.29. The lowest BCUT2D eigenvalue weighted by atomic mass is 10.1. The van der Waals surface area contributed by atoms with Crippen LogP contribution in [0.2, 0.25) is 0 Å². The van der Waals surface area contributed by atoms with Crippen molar-refractivity contribution in [1.29, 1.82) is 0 Å². The van der Waals surface area contributed by atoms with Crippen LogP contribution >= 0.6 is 0 Å². The van der Waals surface area contributed by atoms with Crippen molar-refractivity contribution in [2.45, 2.75) is 60.1 Å². The second-order valence-electron chi connectivity index (χ2n) is 5.88. The zero-order chi connectivity index (χ0) is 15.3. The van der Waals surface area contributed by atoms with Gasteiger partial charge in [0, 0.05) is 6.04 Å². The molecule has 0 aromatic heterocycles. The van der Waals surface area contributed by atoms with Crippen LogP contribution in [0.3, 0.4) is 0 Å². The Bertz CT molecular complexity index is 434. The Balaban J connectivity index is 2.73. The van der Waals surface area contributed by atoms with E-state index in [0.717, 1.165) is 16.9 Å². The molecule has 0 spiro atoms. The molecule has 0 aliphatic carbocycles. The summed E-state index contributed by atoms with van der Waals surface area (Å²) in [7, 11) is 0. The number of nitrogens with one attached hydrogen (secondary N) is 1. The highest BCUT2D eigenvalue weighted by molar-refractivity contribution is 5.81. The van der Waals surface area contributed by atoms with Crippen molar-refractivity contribution in [2.75, 3.05) is 0 Å². The van der Waals surface area contributed by atoms with Crippen LogP contribution in [0.25, 0.3) is 0 Å². The predicted molar refractivity (Wildman–Crippen MR) is 83.1 cm³/mol. The van der Waals surface area contributed by atoms with Gasteiger partial charge in [0.1, 0.15) is 5.75 Å². The van der Waals surface area contributed by atoms with Crippen LogP contribution in [0.1, 0.15) is 45.2 Å². The average Bonchev–Trinajstić information content (AvgIpc) is 2.34. The number of benzene rings is 1. The summed E-state index contributed by atoms with van der Waals surface area (Å²) in [6, 6.07) is 6.18. The zero-order valence-corrected chi connectivity index (χ0v) is 13.5. The highest BCUT2D eigenvalue weighted by Crippen LogP contribution is 2.18. The molecule has 0 bridgehead atoms. The predicted octanol–water partition coefficient (Wildman–Crippen LogP) is 3.62. The van der Waals surface area contributed by atoms with Gasteiger partial charge in [-0.3, -0.25) is 4.79 Å². The van der Waals surface area contributed by atoms with E-state index in [1.807, 2.05) is 39.8 Å². The van der Waals surface area contributed by atoms with Crippen LogP contribution < -0.4 is 10.1 Å². The molecule has 1 amide bonds. The summed E-state index contributed by atoms with van der Waals surface area (Å²) < 4.78 is 5.86. The summed E-state index contributed by atoms with van der Waals surface area (Å²) in [5, 5.41) is 3.02. The molecule has 0 saturated heterocycles. The Labute approximate surface area is 122 Å². The third kappa shape index (κ3) is 4.87. The molecule has 3 heteroatoms.